The summed E-state index contributed by atoms with van der Waals surface area (Å²) in [5.41, 5.74) is 4.59. The lowest BCUT2D eigenvalue weighted by atomic mass is 10.3. The largest absolute Gasteiger partial charge is 0.471 e. The Morgan fingerprint density at radius 2 is 2.50 bits per heavy atom. The molecule has 0 saturated heterocycles. The van der Waals surface area contributed by atoms with Crippen molar-refractivity contribution >= 4 is 0 Å². The molecule has 0 aromatic carbocycles. The van der Waals surface area contributed by atoms with E-state index in [-0.39, 0.29) is 0 Å². The topological polar surface area (TPSA) is 61.0 Å². The van der Waals surface area contributed by atoms with E-state index in [1.807, 2.05) is 0 Å². The van der Waals surface area contributed by atoms with Crippen molar-refractivity contribution in [2.45, 2.75) is 19.3 Å². The van der Waals surface area contributed by atoms with Crippen molar-refractivity contribution in [1.82, 2.24) is 9.97 Å². The smallest absolute Gasteiger partial charge is 0.278 e. The standard InChI is InChI=1S/C8H11F2N3O/c1-8(9,10)4-14-7-6(2-11)3-12-5-13-7/h3,5H,2,4,11H2,1H3/i2D2,3D,5D. The predicted octanol–water partition coefficient (Wildman–Crippen LogP) is 0.969. The molecule has 78 valence electrons. The normalized spacial score (nSPS) is 16.6. The minimum absolute atomic E-state index is 0.567. The van der Waals surface area contributed by atoms with E-state index < -0.39 is 42.9 Å². The van der Waals surface area contributed by atoms with Gasteiger partial charge in [-0.1, -0.05) is 0 Å². The van der Waals surface area contributed by atoms with Crippen LogP contribution in [0.2, 0.25) is 0 Å². The van der Waals surface area contributed by atoms with Gasteiger partial charge in [0.1, 0.15) is 7.67 Å². The predicted molar refractivity (Wildman–Crippen MR) is 46.0 cm³/mol. The Labute approximate surface area is 85.7 Å². The summed E-state index contributed by atoms with van der Waals surface area (Å²) in [6.07, 6.45) is -1.31. The highest BCUT2D eigenvalue weighted by Gasteiger charge is 2.22. The molecule has 0 aliphatic carbocycles. The first-order chi connectivity index (χ1) is 8.00. The van der Waals surface area contributed by atoms with Gasteiger partial charge in [0, 0.05) is 27.9 Å². The van der Waals surface area contributed by atoms with Crippen LogP contribution in [-0.4, -0.2) is 22.5 Å². The Kier molecular flexibility index (Phi) is 1.90. The van der Waals surface area contributed by atoms with Crippen molar-refractivity contribution in [1.29, 1.82) is 0 Å². The minimum atomic E-state index is -3.16. The molecule has 0 amide bonds. The molecule has 0 fully saturated rings. The van der Waals surface area contributed by atoms with Crippen LogP contribution in [0.15, 0.2) is 12.5 Å². The molecular weight excluding hydrogens is 192 g/mol. The highest BCUT2D eigenvalue weighted by molar-refractivity contribution is 5.21. The molecule has 0 aliphatic heterocycles. The second-order valence-electron chi connectivity index (χ2n) is 2.62. The number of ether oxygens (including phenoxy) is 1. The van der Waals surface area contributed by atoms with Crippen LogP contribution in [0, 0.1) is 0 Å². The van der Waals surface area contributed by atoms with Crippen LogP contribution in [0.25, 0.3) is 0 Å². The molecule has 0 atom stereocenters. The molecule has 0 bridgehead atoms. The van der Waals surface area contributed by atoms with Crippen LogP contribution in [-0.2, 0) is 6.50 Å². The Hall–Kier alpha value is -1.30. The van der Waals surface area contributed by atoms with E-state index in [9.17, 15) is 8.78 Å². The second-order valence-corrected chi connectivity index (χ2v) is 2.62. The van der Waals surface area contributed by atoms with E-state index in [1.165, 1.54) is 0 Å². The van der Waals surface area contributed by atoms with Crippen molar-refractivity contribution in [2.24, 2.45) is 5.73 Å². The molecule has 0 spiro atoms. The van der Waals surface area contributed by atoms with Crippen molar-refractivity contribution in [3.05, 3.63) is 18.0 Å². The Morgan fingerprint density at radius 1 is 1.79 bits per heavy atom. The van der Waals surface area contributed by atoms with Gasteiger partial charge in [-0.2, -0.15) is 0 Å². The molecular formula is C8H11F2N3O. The lowest BCUT2D eigenvalue weighted by Crippen LogP contribution is -2.22. The molecule has 1 aromatic rings. The number of hydrogen-bond acceptors (Lipinski definition) is 4. The lowest BCUT2D eigenvalue weighted by molar-refractivity contribution is -0.0245. The Balaban J connectivity index is 3.16. The second kappa shape index (κ2) is 4.28. The summed E-state index contributed by atoms with van der Waals surface area (Å²) in [5, 5.41) is 0. The van der Waals surface area contributed by atoms with Crippen LogP contribution >= 0.6 is 0 Å². The van der Waals surface area contributed by atoms with Gasteiger partial charge in [-0.15, -0.1) is 0 Å². The van der Waals surface area contributed by atoms with Crippen LogP contribution in [0.3, 0.4) is 0 Å². The Bertz CT molecular complexity index is 447. The zero-order chi connectivity index (χ0) is 14.1. The van der Waals surface area contributed by atoms with Gasteiger partial charge in [0.15, 0.2) is 6.61 Å². The fourth-order valence-electron chi connectivity index (χ4n) is 0.649. The first kappa shape index (κ1) is 6.23. The first-order valence-electron chi connectivity index (χ1n) is 5.66. The van der Waals surface area contributed by atoms with Gasteiger partial charge in [-0.05, 0) is 0 Å². The van der Waals surface area contributed by atoms with Gasteiger partial charge in [0.25, 0.3) is 5.92 Å². The number of hydrogen-bond donors (Lipinski definition) is 1. The average Bonchev–Trinajstić information content (AvgIpc) is 2.09. The summed E-state index contributed by atoms with van der Waals surface area (Å²) in [4.78, 5) is 6.64. The number of rotatable bonds is 4. The summed E-state index contributed by atoms with van der Waals surface area (Å²) in [5.74, 6) is -3.78. The number of nitrogens with zero attached hydrogens (tertiary/aromatic N) is 2. The number of nitrogens with two attached hydrogens (primary N) is 1. The van der Waals surface area contributed by atoms with Gasteiger partial charge < -0.3 is 10.5 Å². The molecule has 0 unspecified atom stereocenters. The van der Waals surface area contributed by atoms with Crippen LogP contribution in [0.5, 0.6) is 5.88 Å². The highest BCUT2D eigenvalue weighted by atomic mass is 19.3. The first-order valence-corrected chi connectivity index (χ1v) is 3.66. The summed E-state index contributed by atoms with van der Waals surface area (Å²) in [7, 11) is 0. The molecule has 1 rings (SSSR count). The van der Waals surface area contributed by atoms with E-state index in [4.69, 9.17) is 11.2 Å². The van der Waals surface area contributed by atoms with Gasteiger partial charge in [0.05, 0.1) is 1.37 Å². The summed E-state index contributed by atoms with van der Waals surface area (Å²) in [6.45, 7) is -2.98. The van der Waals surface area contributed by atoms with Crippen LogP contribution < -0.4 is 10.5 Å². The van der Waals surface area contributed by atoms with E-state index in [0.29, 0.717) is 6.92 Å². The zero-order valence-electron chi connectivity index (χ0n) is 11.3. The lowest BCUT2D eigenvalue weighted by Gasteiger charge is -2.12. The zero-order valence-corrected chi connectivity index (χ0v) is 7.34. The highest BCUT2D eigenvalue weighted by Crippen LogP contribution is 2.17. The molecule has 2 N–H and O–H groups in total. The van der Waals surface area contributed by atoms with E-state index >= 15 is 0 Å². The molecule has 0 radical (unpaired) electrons. The third-order valence-corrected chi connectivity index (χ3v) is 1.19. The van der Waals surface area contributed by atoms with E-state index in [0.717, 1.165) is 0 Å². The van der Waals surface area contributed by atoms with Gasteiger partial charge in [-0.3, -0.25) is 0 Å². The van der Waals surface area contributed by atoms with E-state index in [2.05, 4.69) is 14.7 Å². The van der Waals surface area contributed by atoms with Crippen LogP contribution in [0.4, 0.5) is 8.78 Å². The maximum Gasteiger partial charge on any atom is 0.278 e. The van der Waals surface area contributed by atoms with E-state index in [1.54, 1.807) is 0 Å². The molecule has 4 nitrogen and oxygen atoms in total. The van der Waals surface area contributed by atoms with Crippen molar-refractivity contribution < 1.29 is 19.0 Å². The number of aromatic nitrogens is 2. The van der Waals surface area contributed by atoms with Crippen molar-refractivity contribution in [3.8, 4) is 5.88 Å². The minimum Gasteiger partial charge on any atom is -0.471 e. The van der Waals surface area contributed by atoms with Crippen molar-refractivity contribution in [3.63, 3.8) is 0 Å². The molecule has 0 aliphatic rings. The average molecular weight is 207 g/mol. The van der Waals surface area contributed by atoms with Crippen molar-refractivity contribution in [2.75, 3.05) is 6.61 Å². The molecule has 6 heteroatoms. The number of alkyl halides is 2. The maximum atomic E-state index is 12.7. The molecule has 1 aromatic heterocycles. The monoisotopic (exact) mass is 207 g/mol. The van der Waals surface area contributed by atoms with Crippen LogP contribution in [0.1, 0.15) is 18.0 Å². The molecule has 1 heterocycles. The SMILES string of the molecule is [2H]c1nc([2H])c(C([2H])([2H])N)c(OCC(C)(F)F)n1. The Morgan fingerprint density at radius 3 is 3.07 bits per heavy atom. The summed E-state index contributed by atoms with van der Waals surface area (Å²) < 4.78 is 59.0. The van der Waals surface area contributed by atoms with Gasteiger partial charge in [0.2, 0.25) is 5.88 Å². The quantitative estimate of drug-likeness (QED) is 0.799. The number of halogens is 2. The van der Waals surface area contributed by atoms with Gasteiger partial charge in [-0.25, -0.2) is 18.7 Å². The maximum absolute atomic E-state index is 12.7. The third kappa shape index (κ3) is 3.21. The third-order valence-electron chi connectivity index (χ3n) is 1.19. The van der Waals surface area contributed by atoms with Gasteiger partial charge >= 0.3 is 0 Å². The summed E-state index contributed by atoms with van der Waals surface area (Å²) in [6, 6.07) is 0. The molecule has 14 heavy (non-hydrogen) atoms. The fraction of sp³-hybridized carbons (Fsp3) is 0.500. The fourth-order valence-corrected chi connectivity index (χ4v) is 0.649. The summed E-state index contributed by atoms with van der Waals surface area (Å²) >= 11 is 0. The molecule has 0 saturated carbocycles.